The predicted molar refractivity (Wildman–Crippen MR) is 114 cm³/mol. The molecule has 0 aliphatic rings. The molecule has 0 saturated heterocycles. The van der Waals surface area contributed by atoms with Crippen LogP contribution in [0.3, 0.4) is 0 Å². The smallest absolute Gasteiger partial charge is 0.408 e. The van der Waals surface area contributed by atoms with Gasteiger partial charge in [0.25, 0.3) is 0 Å². The van der Waals surface area contributed by atoms with Crippen LogP contribution in [0.15, 0.2) is 63.1 Å². The number of aryl methyl sites for hydroxylation is 1. The summed E-state index contributed by atoms with van der Waals surface area (Å²) in [5.74, 6) is -0.760. The van der Waals surface area contributed by atoms with Gasteiger partial charge >= 0.3 is 5.76 Å². The quantitative estimate of drug-likeness (QED) is 0.525. The molecule has 0 fully saturated rings. The van der Waals surface area contributed by atoms with E-state index in [1.807, 2.05) is 11.4 Å². The van der Waals surface area contributed by atoms with Crippen LogP contribution < -0.4 is 11.1 Å². The van der Waals surface area contributed by atoms with Gasteiger partial charge in [0.15, 0.2) is 5.58 Å². The van der Waals surface area contributed by atoms with Crippen LogP contribution in [0, 0.1) is 6.92 Å². The van der Waals surface area contributed by atoms with Crippen molar-refractivity contribution in [3.63, 3.8) is 0 Å². The second kappa shape index (κ2) is 8.05. The summed E-state index contributed by atoms with van der Waals surface area (Å²) >= 11 is 1.59. The summed E-state index contributed by atoms with van der Waals surface area (Å²) < 4.78 is 6.59. The van der Waals surface area contributed by atoms with Gasteiger partial charge in [-0.3, -0.25) is 9.36 Å². The third-order valence-corrected chi connectivity index (χ3v) is 5.76. The number of rotatable bonds is 6. The molecule has 148 valence electrons. The van der Waals surface area contributed by atoms with Crippen molar-refractivity contribution >= 4 is 28.3 Å². The third-order valence-electron chi connectivity index (χ3n) is 4.82. The second-order valence-corrected chi connectivity index (χ2v) is 7.79. The number of thiazole rings is 1. The summed E-state index contributed by atoms with van der Waals surface area (Å²) in [5.41, 5.74) is 4.33. The highest BCUT2D eigenvalue weighted by atomic mass is 32.1. The monoisotopic (exact) mass is 407 g/mol. The largest absolute Gasteiger partial charge is 0.420 e. The Kier molecular flexibility index (Phi) is 5.31. The first-order chi connectivity index (χ1) is 14.0. The highest BCUT2D eigenvalue weighted by Gasteiger charge is 2.20. The number of carbonyl (C=O) groups excluding carboxylic acids is 1. The Balaban J connectivity index is 1.38. The van der Waals surface area contributed by atoms with E-state index < -0.39 is 11.8 Å². The van der Waals surface area contributed by atoms with Crippen molar-refractivity contribution in [2.45, 2.75) is 26.3 Å². The summed E-state index contributed by atoms with van der Waals surface area (Å²) in [6, 6.07) is 14.7. The number of oxazole rings is 1. The van der Waals surface area contributed by atoms with Gasteiger partial charge in [-0.25, -0.2) is 9.78 Å². The Hall–Kier alpha value is -3.19. The van der Waals surface area contributed by atoms with E-state index in [-0.39, 0.29) is 5.91 Å². The molecule has 4 aromatic rings. The van der Waals surface area contributed by atoms with Crippen molar-refractivity contribution in [2.24, 2.45) is 0 Å². The summed E-state index contributed by atoms with van der Waals surface area (Å²) in [7, 11) is 0. The number of fused-ring (bicyclic) bond motifs is 1. The van der Waals surface area contributed by atoms with E-state index >= 15 is 0 Å². The van der Waals surface area contributed by atoms with Gasteiger partial charge in [-0.05, 0) is 26.0 Å². The number of benzene rings is 2. The SMILES string of the molecule is Cc1ccc(-c2nc(CCNC(=O)C(C)n3c(=O)oc4ccccc43)cs2)cc1. The zero-order chi connectivity index (χ0) is 20.4. The van der Waals surface area contributed by atoms with Crippen molar-refractivity contribution < 1.29 is 9.21 Å². The van der Waals surface area contributed by atoms with E-state index in [1.54, 1.807) is 36.5 Å². The Bertz CT molecular complexity index is 1200. The summed E-state index contributed by atoms with van der Waals surface area (Å²) in [6.07, 6.45) is 0.627. The molecule has 2 heterocycles. The molecule has 0 bridgehead atoms. The van der Waals surface area contributed by atoms with Crippen LogP contribution in [0.5, 0.6) is 0 Å². The molecule has 2 aromatic carbocycles. The molecule has 0 aliphatic heterocycles. The fourth-order valence-electron chi connectivity index (χ4n) is 3.18. The molecule has 1 amide bonds. The molecule has 0 spiro atoms. The predicted octanol–water partition coefficient (Wildman–Crippen LogP) is 3.95. The van der Waals surface area contributed by atoms with Gasteiger partial charge in [0.1, 0.15) is 11.0 Å². The van der Waals surface area contributed by atoms with Crippen LogP contribution in [0.1, 0.15) is 24.2 Å². The topological polar surface area (TPSA) is 77.1 Å². The van der Waals surface area contributed by atoms with Gasteiger partial charge in [0, 0.05) is 23.9 Å². The first-order valence-corrected chi connectivity index (χ1v) is 10.3. The average Bonchev–Trinajstić information content (AvgIpc) is 3.31. The van der Waals surface area contributed by atoms with Crippen LogP contribution in [0.25, 0.3) is 21.7 Å². The second-order valence-electron chi connectivity index (χ2n) is 6.93. The van der Waals surface area contributed by atoms with Crippen LogP contribution in [-0.2, 0) is 11.2 Å². The number of aromatic nitrogens is 2. The maximum absolute atomic E-state index is 12.6. The fraction of sp³-hybridized carbons (Fsp3) is 0.227. The van der Waals surface area contributed by atoms with Crippen LogP contribution in [-0.4, -0.2) is 22.0 Å². The molecular formula is C22H21N3O3S. The number of carbonyl (C=O) groups is 1. The van der Waals surface area contributed by atoms with Crippen molar-refractivity contribution in [3.8, 4) is 10.6 Å². The van der Waals surface area contributed by atoms with E-state index in [9.17, 15) is 9.59 Å². The molecule has 1 N–H and O–H groups in total. The Morgan fingerprint density at radius 1 is 1.21 bits per heavy atom. The van der Waals surface area contributed by atoms with E-state index in [0.29, 0.717) is 24.1 Å². The van der Waals surface area contributed by atoms with Crippen LogP contribution >= 0.6 is 11.3 Å². The van der Waals surface area contributed by atoms with Crippen molar-refractivity contribution in [1.82, 2.24) is 14.9 Å². The Labute approximate surface area is 171 Å². The van der Waals surface area contributed by atoms with E-state index in [0.717, 1.165) is 16.3 Å². The van der Waals surface area contributed by atoms with Gasteiger partial charge in [0.2, 0.25) is 5.91 Å². The van der Waals surface area contributed by atoms with Crippen molar-refractivity contribution in [2.75, 3.05) is 6.54 Å². The fourth-order valence-corrected chi connectivity index (χ4v) is 4.04. The lowest BCUT2D eigenvalue weighted by Gasteiger charge is -2.12. The molecule has 0 radical (unpaired) electrons. The molecule has 2 aromatic heterocycles. The van der Waals surface area contributed by atoms with Gasteiger partial charge in [-0.15, -0.1) is 11.3 Å². The van der Waals surface area contributed by atoms with Crippen LogP contribution in [0.2, 0.25) is 0 Å². The molecule has 6 nitrogen and oxygen atoms in total. The van der Waals surface area contributed by atoms with Crippen LogP contribution in [0.4, 0.5) is 0 Å². The van der Waals surface area contributed by atoms with E-state index in [2.05, 4.69) is 41.5 Å². The summed E-state index contributed by atoms with van der Waals surface area (Å²) in [5, 5.41) is 5.87. The van der Waals surface area contributed by atoms with E-state index in [1.165, 1.54) is 10.1 Å². The van der Waals surface area contributed by atoms with Gasteiger partial charge in [-0.2, -0.15) is 0 Å². The molecular weight excluding hydrogens is 386 g/mol. The minimum absolute atomic E-state index is 0.229. The highest BCUT2D eigenvalue weighted by molar-refractivity contribution is 7.13. The minimum atomic E-state index is -0.662. The number of para-hydroxylation sites is 2. The maximum atomic E-state index is 12.6. The number of hydrogen-bond donors (Lipinski definition) is 1. The minimum Gasteiger partial charge on any atom is -0.408 e. The molecule has 0 saturated carbocycles. The Morgan fingerprint density at radius 2 is 1.97 bits per heavy atom. The lowest BCUT2D eigenvalue weighted by atomic mass is 10.2. The van der Waals surface area contributed by atoms with Crippen molar-refractivity contribution in [3.05, 3.63) is 75.7 Å². The summed E-state index contributed by atoms with van der Waals surface area (Å²) in [4.78, 5) is 29.4. The molecule has 4 rings (SSSR count). The lowest BCUT2D eigenvalue weighted by Crippen LogP contribution is -2.35. The number of amides is 1. The molecule has 1 unspecified atom stereocenters. The van der Waals surface area contributed by atoms with Gasteiger partial charge in [0.05, 0.1) is 11.2 Å². The van der Waals surface area contributed by atoms with Crippen molar-refractivity contribution in [1.29, 1.82) is 0 Å². The first kappa shape index (κ1) is 19.1. The number of nitrogens with zero attached hydrogens (tertiary/aromatic N) is 2. The zero-order valence-corrected chi connectivity index (χ0v) is 17.0. The molecule has 1 atom stereocenters. The van der Waals surface area contributed by atoms with E-state index in [4.69, 9.17) is 4.42 Å². The maximum Gasteiger partial charge on any atom is 0.420 e. The first-order valence-electron chi connectivity index (χ1n) is 9.42. The molecule has 29 heavy (non-hydrogen) atoms. The third kappa shape index (κ3) is 4.00. The molecule has 7 heteroatoms. The lowest BCUT2D eigenvalue weighted by molar-refractivity contribution is -0.123. The number of nitrogens with one attached hydrogen (secondary N) is 1. The Morgan fingerprint density at radius 3 is 2.76 bits per heavy atom. The zero-order valence-electron chi connectivity index (χ0n) is 16.2. The van der Waals surface area contributed by atoms with Gasteiger partial charge < -0.3 is 9.73 Å². The molecule has 0 aliphatic carbocycles. The number of hydrogen-bond acceptors (Lipinski definition) is 5. The highest BCUT2D eigenvalue weighted by Crippen LogP contribution is 2.24. The average molecular weight is 407 g/mol. The standard InChI is InChI=1S/C22H21N3O3S/c1-14-7-9-16(10-8-14)21-24-17(13-29-21)11-12-23-20(26)15(2)25-18-5-3-4-6-19(18)28-22(25)27/h3-10,13,15H,11-12H2,1-2H3,(H,23,26). The summed E-state index contributed by atoms with van der Waals surface area (Å²) in [6.45, 7) is 4.20. The normalized spacial score (nSPS) is 12.2. The van der Waals surface area contributed by atoms with Gasteiger partial charge in [-0.1, -0.05) is 42.0 Å².